The second-order valence-electron chi connectivity index (χ2n) is 3.67. The first-order valence-corrected chi connectivity index (χ1v) is 5.58. The van der Waals surface area contributed by atoms with Crippen LogP contribution in [0.25, 0.3) is 0 Å². The Morgan fingerprint density at radius 3 is 2.82 bits per heavy atom. The Hall–Kier alpha value is -1.39. The maximum absolute atomic E-state index is 11.0. The molecule has 0 fully saturated rings. The van der Waals surface area contributed by atoms with Gasteiger partial charge < -0.3 is 10.2 Å². The zero-order valence-electron chi connectivity index (χ0n) is 9.64. The van der Waals surface area contributed by atoms with Gasteiger partial charge in [-0.1, -0.05) is 24.6 Å². The van der Waals surface area contributed by atoms with Crippen LogP contribution in [-0.2, 0) is 4.79 Å². The molecule has 17 heavy (non-hydrogen) atoms. The van der Waals surface area contributed by atoms with Gasteiger partial charge in [-0.25, -0.2) is 9.78 Å². The number of aliphatic hydroxyl groups is 1. The van der Waals surface area contributed by atoms with Crippen LogP contribution in [0, 0.1) is 6.92 Å². The van der Waals surface area contributed by atoms with E-state index in [-0.39, 0.29) is 10.7 Å². The third-order valence-electron chi connectivity index (χ3n) is 2.26. The minimum Gasteiger partial charge on any atom is -0.478 e. The van der Waals surface area contributed by atoms with E-state index in [9.17, 15) is 9.90 Å². The zero-order valence-corrected chi connectivity index (χ0v) is 10.4. The van der Waals surface area contributed by atoms with E-state index in [1.165, 1.54) is 6.08 Å². The first-order valence-electron chi connectivity index (χ1n) is 5.20. The molecule has 4 nitrogen and oxygen atoms in total. The maximum atomic E-state index is 11.0. The normalized spacial score (nSPS) is 13.5. The van der Waals surface area contributed by atoms with Crippen molar-refractivity contribution in [3.63, 3.8) is 0 Å². The van der Waals surface area contributed by atoms with Crippen molar-refractivity contribution in [2.45, 2.75) is 26.4 Å². The molecule has 92 valence electrons. The molecule has 0 saturated heterocycles. The number of nitrogens with zero attached hydrogens (tertiary/aromatic N) is 1. The average Bonchev–Trinajstić information content (AvgIpc) is 2.28. The van der Waals surface area contributed by atoms with Gasteiger partial charge in [0.15, 0.2) is 0 Å². The van der Waals surface area contributed by atoms with Crippen molar-refractivity contribution in [2.75, 3.05) is 0 Å². The number of pyridine rings is 1. The standard InChI is InChI=1S/C12H14ClNO3/c1-3-4-8(12(16)17)10(15)9-5-7(2)6-14-11(9)13/h4-6,10,15H,3H2,1-2H3,(H,16,17). The van der Waals surface area contributed by atoms with E-state index in [2.05, 4.69) is 4.98 Å². The molecule has 1 rings (SSSR count). The molecule has 1 aromatic heterocycles. The third-order valence-corrected chi connectivity index (χ3v) is 2.58. The Morgan fingerprint density at radius 1 is 1.65 bits per heavy atom. The lowest BCUT2D eigenvalue weighted by Gasteiger charge is -2.13. The number of aryl methyl sites for hydroxylation is 1. The molecule has 2 N–H and O–H groups in total. The molecule has 5 heteroatoms. The number of rotatable bonds is 4. The van der Waals surface area contributed by atoms with E-state index in [4.69, 9.17) is 16.7 Å². The quantitative estimate of drug-likeness (QED) is 0.641. The van der Waals surface area contributed by atoms with Gasteiger partial charge in [0.1, 0.15) is 11.3 Å². The molecule has 1 heterocycles. The number of aromatic nitrogens is 1. The van der Waals surface area contributed by atoms with Gasteiger partial charge >= 0.3 is 5.97 Å². The van der Waals surface area contributed by atoms with Gasteiger partial charge in [-0.05, 0) is 25.0 Å². The van der Waals surface area contributed by atoms with Crippen molar-refractivity contribution in [1.82, 2.24) is 4.98 Å². The predicted octanol–water partition coefficient (Wildman–Crippen LogP) is 2.50. The van der Waals surface area contributed by atoms with Gasteiger partial charge in [-0.2, -0.15) is 0 Å². The number of hydrogen-bond acceptors (Lipinski definition) is 3. The maximum Gasteiger partial charge on any atom is 0.334 e. The van der Waals surface area contributed by atoms with Crippen molar-refractivity contribution in [3.05, 3.63) is 40.2 Å². The third kappa shape index (κ3) is 3.28. The van der Waals surface area contributed by atoms with Crippen molar-refractivity contribution in [1.29, 1.82) is 0 Å². The van der Waals surface area contributed by atoms with Crippen LogP contribution in [0.3, 0.4) is 0 Å². The number of hydrogen-bond donors (Lipinski definition) is 2. The van der Waals surface area contributed by atoms with Crippen molar-refractivity contribution < 1.29 is 15.0 Å². The molecule has 0 aliphatic carbocycles. The number of carboxylic acids is 1. The highest BCUT2D eigenvalue weighted by molar-refractivity contribution is 6.30. The summed E-state index contributed by atoms with van der Waals surface area (Å²) in [5.41, 5.74) is 1.04. The Bertz CT molecular complexity index is 457. The topological polar surface area (TPSA) is 70.4 Å². The lowest BCUT2D eigenvalue weighted by Crippen LogP contribution is -2.12. The van der Waals surface area contributed by atoms with Crippen LogP contribution in [0.15, 0.2) is 23.9 Å². The number of carbonyl (C=O) groups is 1. The number of aliphatic hydroxyl groups excluding tert-OH is 1. The van der Waals surface area contributed by atoms with Crippen LogP contribution >= 0.6 is 11.6 Å². The van der Waals surface area contributed by atoms with Crippen LogP contribution in [0.4, 0.5) is 0 Å². The zero-order chi connectivity index (χ0) is 13.0. The minimum atomic E-state index is -1.26. The predicted molar refractivity (Wildman–Crippen MR) is 65.0 cm³/mol. The highest BCUT2D eigenvalue weighted by Gasteiger charge is 2.22. The summed E-state index contributed by atoms with van der Waals surface area (Å²) < 4.78 is 0. The SMILES string of the molecule is CCC=C(C(=O)O)C(O)c1cc(C)cnc1Cl. The Kier molecular flexibility index (Phi) is 4.66. The molecule has 0 saturated carbocycles. The first-order chi connectivity index (χ1) is 7.97. The van der Waals surface area contributed by atoms with E-state index in [0.29, 0.717) is 12.0 Å². The van der Waals surface area contributed by atoms with E-state index in [1.54, 1.807) is 26.1 Å². The smallest absolute Gasteiger partial charge is 0.334 e. The summed E-state index contributed by atoms with van der Waals surface area (Å²) in [5, 5.41) is 19.1. The fourth-order valence-corrected chi connectivity index (χ4v) is 1.68. The van der Waals surface area contributed by atoms with E-state index in [0.717, 1.165) is 5.56 Å². The summed E-state index contributed by atoms with van der Waals surface area (Å²) >= 11 is 5.85. The number of carboxylic acid groups (broad SMARTS) is 1. The molecule has 0 amide bonds. The number of allylic oxidation sites excluding steroid dienone is 1. The lowest BCUT2D eigenvalue weighted by atomic mass is 10.0. The summed E-state index contributed by atoms with van der Waals surface area (Å²) in [7, 11) is 0. The van der Waals surface area contributed by atoms with Crippen LogP contribution in [0.2, 0.25) is 5.15 Å². The van der Waals surface area contributed by atoms with Crippen LogP contribution in [0.5, 0.6) is 0 Å². The van der Waals surface area contributed by atoms with E-state index >= 15 is 0 Å². The molecule has 0 bridgehead atoms. The van der Waals surface area contributed by atoms with Crippen molar-refractivity contribution in [2.24, 2.45) is 0 Å². The number of halogens is 1. The Morgan fingerprint density at radius 2 is 2.29 bits per heavy atom. The Labute approximate surface area is 105 Å². The molecule has 0 radical (unpaired) electrons. The molecule has 1 atom stereocenters. The number of aliphatic carboxylic acids is 1. The van der Waals surface area contributed by atoms with E-state index < -0.39 is 12.1 Å². The van der Waals surface area contributed by atoms with Gasteiger partial charge in [0.05, 0.1) is 5.57 Å². The van der Waals surface area contributed by atoms with Crippen LogP contribution in [-0.4, -0.2) is 21.2 Å². The fraction of sp³-hybridized carbons (Fsp3) is 0.333. The van der Waals surface area contributed by atoms with Gasteiger partial charge in [-0.3, -0.25) is 0 Å². The first kappa shape index (κ1) is 13.7. The fourth-order valence-electron chi connectivity index (χ4n) is 1.47. The largest absolute Gasteiger partial charge is 0.478 e. The van der Waals surface area contributed by atoms with Gasteiger partial charge in [0, 0.05) is 11.8 Å². The monoisotopic (exact) mass is 255 g/mol. The van der Waals surface area contributed by atoms with Gasteiger partial charge in [0.25, 0.3) is 0 Å². The summed E-state index contributed by atoms with van der Waals surface area (Å²) in [5.74, 6) is -1.16. The lowest BCUT2D eigenvalue weighted by molar-refractivity contribution is -0.133. The summed E-state index contributed by atoms with van der Waals surface area (Å²) in [6.07, 6.45) is 2.29. The highest BCUT2D eigenvalue weighted by atomic mass is 35.5. The molecule has 1 unspecified atom stereocenters. The van der Waals surface area contributed by atoms with Crippen LogP contribution in [0.1, 0.15) is 30.6 Å². The minimum absolute atomic E-state index is 0.0817. The summed E-state index contributed by atoms with van der Waals surface area (Å²) in [6, 6.07) is 1.63. The van der Waals surface area contributed by atoms with Crippen LogP contribution < -0.4 is 0 Å². The molecule has 0 aliphatic rings. The second-order valence-corrected chi connectivity index (χ2v) is 4.03. The summed E-state index contributed by atoms with van der Waals surface area (Å²) in [4.78, 5) is 14.9. The molecule has 0 aliphatic heterocycles. The van der Waals surface area contributed by atoms with Crippen molar-refractivity contribution >= 4 is 17.6 Å². The molecule has 1 aromatic rings. The Balaban J connectivity index is 3.18. The van der Waals surface area contributed by atoms with Gasteiger partial charge in [0.2, 0.25) is 0 Å². The second kappa shape index (κ2) is 5.80. The highest BCUT2D eigenvalue weighted by Crippen LogP contribution is 2.27. The summed E-state index contributed by atoms with van der Waals surface area (Å²) in [6.45, 7) is 3.59. The molecule has 0 spiro atoms. The molecular formula is C12H14ClNO3. The molecular weight excluding hydrogens is 242 g/mol. The average molecular weight is 256 g/mol. The van der Waals surface area contributed by atoms with E-state index in [1.807, 2.05) is 0 Å². The molecule has 0 aromatic carbocycles. The van der Waals surface area contributed by atoms with Gasteiger partial charge in [-0.15, -0.1) is 0 Å². The van der Waals surface area contributed by atoms with Crippen molar-refractivity contribution in [3.8, 4) is 0 Å².